The van der Waals surface area contributed by atoms with Crippen LogP contribution in [-0.2, 0) is 4.74 Å². The van der Waals surface area contributed by atoms with E-state index in [4.69, 9.17) is 4.74 Å². The molecule has 0 aliphatic carbocycles. The monoisotopic (exact) mass is 324 g/mol. The first kappa shape index (κ1) is 18.5. The summed E-state index contributed by atoms with van der Waals surface area (Å²) in [6.07, 6.45) is 5.18. The summed E-state index contributed by atoms with van der Waals surface area (Å²) in [5.74, 6) is 2.45. The van der Waals surface area contributed by atoms with E-state index in [-0.39, 0.29) is 0 Å². The first-order valence-corrected chi connectivity index (χ1v) is 9.32. The van der Waals surface area contributed by atoms with Crippen molar-refractivity contribution in [3.05, 3.63) is 0 Å². The molecule has 2 heterocycles. The van der Waals surface area contributed by atoms with Gasteiger partial charge in [-0.2, -0.15) is 0 Å². The number of rotatable bonds is 7. The van der Waals surface area contributed by atoms with Crippen LogP contribution in [0.1, 0.15) is 39.5 Å². The van der Waals surface area contributed by atoms with Crippen LogP contribution < -0.4 is 5.32 Å². The Labute approximate surface area is 142 Å². The number of nitrogens with zero attached hydrogens (tertiary/aromatic N) is 3. The largest absolute Gasteiger partial charge is 0.384 e. The topological polar surface area (TPSA) is 40.1 Å². The average molecular weight is 325 g/mol. The van der Waals surface area contributed by atoms with Crippen molar-refractivity contribution in [3.63, 3.8) is 0 Å². The highest BCUT2D eigenvalue weighted by Gasteiger charge is 2.27. The molecule has 1 N–H and O–H groups in total. The Balaban J connectivity index is 1.85. The third kappa shape index (κ3) is 5.64. The predicted octanol–water partition coefficient (Wildman–Crippen LogP) is 2.04. The Kier molecular flexibility index (Phi) is 7.63. The number of methoxy groups -OCH3 is 1. The van der Waals surface area contributed by atoms with Gasteiger partial charge in [-0.05, 0) is 44.7 Å². The molecule has 134 valence electrons. The SMILES string of the molecule is CN=C(NCC(CC(C)C)N1CCCC1)N1CCC(COC)C1. The highest BCUT2D eigenvalue weighted by atomic mass is 16.5. The second-order valence-corrected chi connectivity index (χ2v) is 7.51. The van der Waals surface area contributed by atoms with E-state index < -0.39 is 0 Å². The quantitative estimate of drug-likeness (QED) is 0.575. The molecule has 0 radical (unpaired) electrons. The summed E-state index contributed by atoms with van der Waals surface area (Å²) in [4.78, 5) is 9.57. The normalized spacial score (nSPS) is 24.7. The van der Waals surface area contributed by atoms with Crippen molar-refractivity contribution in [1.29, 1.82) is 0 Å². The number of guanidine groups is 1. The lowest BCUT2D eigenvalue weighted by atomic mass is 10.0. The molecule has 0 spiro atoms. The van der Waals surface area contributed by atoms with Crippen LogP contribution in [0.2, 0.25) is 0 Å². The molecular weight excluding hydrogens is 288 g/mol. The summed E-state index contributed by atoms with van der Waals surface area (Å²) in [5, 5.41) is 3.65. The number of hydrogen-bond donors (Lipinski definition) is 1. The minimum atomic E-state index is 0.631. The number of ether oxygens (including phenoxy) is 1. The van der Waals surface area contributed by atoms with E-state index in [9.17, 15) is 0 Å². The third-order valence-electron chi connectivity index (χ3n) is 5.10. The summed E-state index contributed by atoms with van der Waals surface area (Å²) < 4.78 is 5.30. The molecule has 2 fully saturated rings. The van der Waals surface area contributed by atoms with E-state index >= 15 is 0 Å². The van der Waals surface area contributed by atoms with Crippen molar-refractivity contribution in [3.8, 4) is 0 Å². The van der Waals surface area contributed by atoms with E-state index in [1.165, 1.54) is 38.8 Å². The number of nitrogens with one attached hydrogen (secondary N) is 1. The molecule has 2 rings (SSSR count). The van der Waals surface area contributed by atoms with Crippen LogP contribution in [0.5, 0.6) is 0 Å². The molecule has 23 heavy (non-hydrogen) atoms. The lowest BCUT2D eigenvalue weighted by molar-refractivity contribution is 0.157. The highest BCUT2D eigenvalue weighted by molar-refractivity contribution is 5.80. The fourth-order valence-corrected chi connectivity index (χ4v) is 3.95. The molecule has 0 bridgehead atoms. The fourth-order valence-electron chi connectivity index (χ4n) is 3.95. The Morgan fingerprint density at radius 3 is 2.61 bits per heavy atom. The number of hydrogen-bond acceptors (Lipinski definition) is 3. The van der Waals surface area contributed by atoms with Crippen LogP contribution in [0.25, 0.3) is 0 Å². The molecule has 5 heteroatoms. The fraction of sp³-hybridized carbons (Fsp3) is 0.944. The lowest BCUT2D eigenvalue weighted by Crippen LogP contribution is -2.47. The molecule has 2 aliphatic rings. The standard InChI is InChI=1S/C18H36N4O/c1-15(2)11-17(21-8-5-6-9-21)12-20-18(19-3)22-10-7-16(13-22)14-23-4/h15-17H,5-14H2,1-4H3,(H,19,20). The summed E-state index contributed by atoms with van der Waals surface area (Å²) in [5.41, 5.74) is 0. The van der Waals surface area contributed by atoms with Gasteiger partial charge in [0.2, 0.25) is 0 Å². The van der Waals surface area contributed by atoms with E-state index in [0.717, 1.165) is 38.1 Å². The van der Waals surface area contributed by atoms with Crippen LogP contribution in [0.3, 0.4) is 0 Å². The summed E-state index contributed by atoms with van der Waals surface area (Å²) in [6.45, 7) is 11.2. The van der Waals surface area contributed by atoms with E-state index in [1.54, 1.807) is 7.11 Å². The summed E-state index contributed by atoms with van der Waals surface area (Å²) in [6, 6.07) is 0.631. The summed E-state index contributed by atoms with van der Waals surface area (Å²) in [7, 11) is 3.70. The molecule has 2 unspecified atom stereocenters. The maximum Gasteiger partial charge on any atom is 0.193 e. The van der Waals surface area contributed by atoms with Gasteiger partial charge in [0, 0.05) is 45.8 Å². The van der Waals surface area contributed by atoms with Crippen LogP contribution in [0.15, 0.2) is 4.99 Å². The van der Waals surface area contributed by atoms with E-state index in [1.807, 2.05) is 7.05 Å². The minimum absolute atomic E-state index is 0.631. The van der Waals surface area contributed by atoms with Gasteiger partial charge in [0.05, 0.1) is 6.61 Å². The molecule has 0 amide bonds. The van der Waals surface area contributed by atoms with Gasteiger partial charge in [-0.1, -0.05) is 13.8 Å². The average Bonchev–Trinajstić information content (AvgIpc) is 3.18. The molecule has 0 saturated carbocycles. The predicted molar refractivity (Wildman–Crippen MR) is 97.0 cm³/mol. The molecule has 0 aromatic rings. The maximum atomic E-state index is 5.30. The molecular formula is C18H36N4O. The Hall–Kier alpha value is -0.810. The van der Waals surface area contributed by atoms with Gasteiger partial charge in [0.1, 0.15) is 0 Å². The van der Waals surface area contributed by atoms with Crippen molar-refractivity contribution in [2.75, 3.05) is 53.5 Å². The lowest BCUT2D eigenvalue weighted by Gasteiger charge is -2.31. The van der Waals surface area contributed by atoms with E-state index in [2.05, 4.69) is 34.0 Å². The smallest absolute Gasteiger partial charge is 0.193 e. The Morgan fingerprint density at radius 1 is 1.26 bits per heavy atom. The van der Waals surface area contributed by atoms with Gasteiger partial charge in [-0.25, -0.2) is 0 Å². The summed E-state index contributed by atoms with van der Waals surface area (Å²) >= 11 is 0. The molecule has 2 saturated heterocycles. The minimum Gasteiger partial charge on any atom is -0.384 e. The van der Waals surface area contributed by atoms with Gasteiger partial charge in [-0.15, -0.1) is 0 Å². The Morgan fingerprint density at radius 2 is 2.00 bits per heavy atom. The Bertz CT molecular complexity index is 366. The van der Waals surface area contributed by atoms with Crippen molar-refractivity contribution in [2.24, 2.45) is 16.8 Å². The van der Waals surface area contributed by atoms with Crippen molar-refractivity contribution in [2.45, 2.75) is 45.6 Å². The van der Waals surface area contributed by atoms with Crippen molar-refractivity contribution >= 4 is 5.96 Å². The van der Waals surface area contributed by atoms with Crippen LogP contribution >= 0.6 is 0 Å². The third-order valence-corrected chi connectivity index (χ3v) is 5.10. The molecule has 5 nitrogen and oxygen atoms in total. The van der Waals surface area contributed by atoms with Crippen LogP contribution in [0.4, 0.5) is 0 Å². The molecule has 0 aromatic heterocycles. The zero-order valence-electron chi connectivity index (χ0n) is 15.6. The second-order valence-electron chi connectivity index (χ2n) is 7.51. The highest BCUT2D eigenvalue weighted by Crippen LogP contribution is 2.19. The van der Waals surface area contributed by atoms with Gasteiger partial charge in [-0.3, -0.25) is 9.89 Å². The first-order chi connectivity index (χ1) is 11.1. The second kappa shape index (κ2) is 9.48. The molecule has 0 aromatic carbocycles. The van der Waals surface area contributed by atoms with Gasteiger partial charge >= 0.3 is 0 Å². The van der Waals surface area contributed by atoms with Gasteiger partial charge in [0.15, 0.2) is 5.96 Å². The maximum absolute atomic E-state index is 5.30. The van der Waals surface area contributed by atoms with Crippen LogP contribution in [0, 0.1) is 11.8 Å². The zero-order chi connectivity index (χ0) is 16.7. The molecule has 2 atom stereocenters. The molecule has 2 aliphatic heterocycles. The van der Waals surface area contributed by atoms with Crippen LogP contribution in [-0.4, -0.2) is 75.3 Å². The van der Waals surface area contributed by atoms with Crippen molar-refractivity contribution in [1.82, 2.24) is 15.1 Å². The zero-order valence-corrected chi connectivity index (χ0v) is 15.6. The first-order valence-electron chi connectivity index (χ1n) is 9.32. The van der Waals surface area contributed by atoms with Crippen molar-refractivity contribution < 1.29 is 4.74 Å². The number of likely N-dealkylation sites (tertiary alicyclic amines) is 2. The van der Waals surface area contributed by atoms with Gasteiger partial charge < -0.3 is 15.0 Å². The number of aliphatic imine (C=N–C) groups is 1. The van der Waals surface area contributed by atoms with E-state index in [0.29, 0.717) is 12.0 Å². The van der Waals surface area contributed by atoms with Gasteiger partial charge in [0.25, 0.3) is 0 Å².